The van der Waals surface area contributed by atoms with Crippen molar-refractivity contribution in [1.82, 2.24) is 15.2 Å². The highest BCUT2D eigenvalue weighted by Gasteiger charge is 2.26. The lowest BCUT2D eigenvalue weighted by Crippen LogP contribution is -2.38. The smallest absolute Gasteiger partial charge is 0.256 e. The number of benzene rings is 1. The molecule has 2 aromatic rings. The summed E-state index contributed by atoms with van der Waals surface area (Å²) >= 11 is 0. The molecule has 1 aromatic heterocycles. The van der Waals surface area contributed by atoms with Crippen molar-refractivity contribution < 1.29 is 23.5 Å². The van der Waals surface area contributed by atoms with Crippen LogP contribution in [0.1, 0.15) is 39.3 Å². The lowest BCUT2D eigenvalue weighted by Gasteiger charge is -2.19. The van der Waals surface area contributed by atoms with E-state index in [-0.39, 0.29) is 24.3 Å². The molecule has 1 atom stereocenters. The van der Waals surface area contributed by atoms with Crippen molar-refractivity contribution in [3.63, 3.8) is 0 Å². The van der Waals surface area contributed by atoms with Gasteiger partial charge in [-0.05, 0) is 50.1 Å². The molecule has 0 saturated carbocycles. The zero-order valence-electron chi connectivity index (χ0n) is 18.8. The zero-order chi connectivity index (χ0) is 23.6. The summed E-state index contributed by atoms with van der Waals surface area (Å²) in [7, 11) is 4.75. The number of nitrogens with zero attached hydrogens (tertiary/aromatic N) is 1. The van der Waals surface area contributed by atoms with E-state index in [1.807, 2.05) is 0 Å². The average molecular weight is 442 g/mol. The fourth-order valence-corrected chi connectivity index (χ4v) is 3.74. The van der Waals surface area contributed by atoms with Crippen LogP contribution in [0.3, 0.4) is 0 Å². The molecule has 9 heteroatoms. The molecule has 0 fully saturated rings. The van der Waals surface area contributed by atoms with Gasteiger partial charge in [0.2, 0.25) is 0 Å². The average Bonchev–Trinajstić information content (AvgIpc) is 3.20. The van der Waals surface area contributed by atoms with E-state index in [1.54, 1.807) is 34.0 Å². The first-order chi connectivity index (χ1) is 15.1. The number of hydrogen-bond acceptors (Lipinski definition) is 4. The number of aryl methyl sites for hydroxylation is 1. The van der Waals surface area contributed by atoms with Crippen LogP contribution in [0.2, 0.25) is 0 Å². The van der Waals surface area contributed by atoms with Crippen LogP contribution in [-0.2, 0) is 14.3 Å². The molecule has 3 N–H and O–H groups in total. The maximum absolute atomic E-state index is 13.7. The Morgan fingerprint density at radius 2 is 2.00 bits per heavy atom. The minimum atomic E-state index is -0.639. The highest BCUT2D eigenvalue weighted by Crippen LogP contribution is 2.34. The van der Waals surface area contributed by atoms with Gasteiger partial charge in [-0.3, -0.25) is 14.4 Å². The largest absolute Gasteiger partial charge is 0.372 e. The van der Waals surface area contributed by atoms with Crippen LogP contribution in [0, 0.1) is 19.7 Å². The molecule has 1 aliphatic heterocycles. The third kappa shape index (κ3) is 4.57. The van der Waals surface area contributed by atoms with Crippen LogP contribution in [0.5, 0.6) is 0 Å². The molecule has 0 saturated heterocycles. The standard InChI is InChI=1S/C23H27FN4O4/c1-12-18(11-16-15-10-14(24)6-7-17(15)27-21(16)29)26-13(2)20(12)22(30)25-9-8-19(32-5)23(31)28(3)4/h6-7,10-11,19,26H,8-9H2,1-5H3,(H,25,30)(H,27,29)/t19-/m0/s1. The van der Waals surface area contributed by atoms with Gasteiger partial charge in [0.25, 0.3) is 17.7 Å². The third-order valence-corrected chi connectivity index (χ3v) is 5.45. The van der Waals surface area contributed by atoms with Crippen LogP contribution in [0.4, 0.5) is 10.1 Å². The van der Waals surface area contributed by atoms with Gasteiger partial charge in [0.1, 0.15) is 11.9 Å². The first-order valence-corrected chi connectivity index (χ1v) is 10.2. The summed E-state index contributed by atoms with van der Waals surface area (Å²) in [5.74, 6) is -1.24. The van der Waals surface area contributed by atoms with Crippen molar-refractivity contribution in [3.8, 4) is 0 Å². The monoisotopic (exact) mass is 442 g/mol. The Balaban J connectivity index is 1.78. The number of nitrogens with one attached hydrogen (secondary N) is 3. The van der Waals surface area contributed by atoms with E-state index in [9.17, 15) is 18.8 Å². The zero-order valence-corrected chi connectivity index (χ0v) is 18.8. The number of aromatic amines is 1. The Morgan fingerprint density at radius 1 is 1.28 bits per heavy atom. The van der Waals surface area contributed by atoms with Crippen LogP contribution < -0.4 is 10.6 Å². The molecule has 8 nitrogen and oxygen atoms in total. The van der Waals surface area contributed by atoms with Crippen LogP contribution >= 0.6 is 0 Å². The molecule has 2 heterocycles. The molecule has 0 radical (unpaired) electrons. The first kappa shape index (κ1) is 23.2. The summed E-state index contributed by atoms with van der Waals surface area (Å²) in [5.41, 5.74) is 3.69. The van der Waals surface area contributed by atoms with Crippen molar-refractivity contribution in [2.45, 2.75) is 26.4 Å². The third-order valence-electron chi connectivity index (χ3n) is 5.45. The van der Waals surface area contributed by atoms with E-state index in [0.29, 0.717) is 45.8 Å². The second-order valence-electron chi connectivity index (χ2n) is 7.87. The number of hydrogen-bond donors (Lipinski definition) is 3. The quantitative estimate of drug-likeness (QED) is 0.573. The Labute approximate surface area is 185 Å². The van der Waals surface area contributed by atoms with Crippen molar-refractivity contribution in [2.75, 3.05) is 33.1 Å². The lowest BCUT2D eigenvalue weighted by molar-refractivity contribution is -0.139. The number of rotatable bonds is 7. The van der Waals surface area contributed by atoms with Gasteiger partial charge < -0.3 is 25.3 Å². The van der Waals surface area contributed by atoms with E-state index in [0.717, 1.165) is 0 Å². The van der Waals surface area contributed by atoms with Gasteiger partial charge in [0, 0.05) is 50.4 Å². The Bertz CT molecular complexity index is 1100. The summed E-state index contributed by atoms with van der Waals surface area (Å²) in [5, 5.41) is 5.53. The number of carbonyl (C=O) groups is 3. The van der Waals surface area contributed by atoms with Crippen LogP contribution in [0.25, 0.3) is 11.6 Å². The summed E-state index contributed by atoms with van der Waals surface area (Å²) in [4.78, 5) is 41.8. The highest BCUT2D eigenvalue weighted by molar-refractivity contribution is 6.34. The van der Waals surface area contributed by atoms with Gasteiger partial charge in [-0.25, -0.2) is 4.39 Å². The molecule has 3 rings (SSSR count). The maximum atomic E-state index is 13.7. The van der Waals surface area contributed by atoms with E-state index in [1.165, 1.54) is 30.2 Å². The molecule has 3 amide bonds. The number of anilines is 1. The number of carbonyl (C=O) groups excluding carboxylic acids is 3. The molecule has 0 bridgehead atoms. The number of amides is 3. The predicted octanol–water partition coefficient (Wildman–Crippen LogP) is 2.49. The second kappa shape index (κ2) is 9.35. The van der Waals surface area contributed by atoms with Crippen molar-refractivity contribution >= 4 is 35.1 Å². The molecule has 0 spiro atoms. The minimum Gasteiger partial charge on any atom is -0.372 e. The highest BCUT2D eigenvalue weighted by atomic mass is 19.1. The summed E-state index contributed by atoms with van der Waals surface area (Å²) < 4.78 is 18.9. The Morgan fingerprint density at radius 3 is 2.66 bits per heavy atom. The van der Waals surface area contributed by atoms with E-state index >= 15 is 0 Å². The van der Waals surface area contributed by atoms with Crippen molar-refractivity contribution in [1.29, 1.82) is 0 Å². The van der Waals surface area contributed by atoms with Crippen molar-refractivity contribution in [2.24, 2.45) is 0 Å². The van der Waals surface area contributed by atoms with Gasteiger partial charge in [0.05, 0.1) is 11.1 Å². The predicted molar refractivity (Wildman–Crippen MR) is 120 cm³/mol. The van der Waals surface area contributed by atoms with Gasteiger partial charge in [-0.2, -0.15) is 0 Å². The number of methoxy groups -OCH3 is 1. The lowest BCUT2D eigenvalue weighted by atomic mass is 10.0. The molecular weight excluding hydrogens is 415 g/mol. The SMILES string of the molecule is CO[C@@H](CCNC(=O)c1c(C)[nH]c(C=C2C(=O)Nc3ccc(F)cc32)c1C)C(=O)N(C)C. The molecule has 1 aromatic carbocycles. The molecular formula is C23H27FN4O4. The number of fused-ring (bicyclic) bond motifs is 1. The minimum absolute atomic E-state index is 0.170. The topological polar surface area (TPSA) is 104 Å². The maximum Gasteiger partial charge on any atom is 0.256 e. The van der Waals surface area contributed by atoms with Crippen LogP contribution in [-0.4, -0.2) is 61.5 Å². The number of H-pyrrole nitrogens is 1. The normalized spacial score (nSPS) is 14.8. The van der Waals surface area contributed by atoms with E-state index < -0.39 is 11.9 Å². The van der Waals surface area contributed by atoms with Crippen LogP contribution in [0.15, 0.2) is 18.2 Å². The number of likely N-dealkylation sites (N-methyl/N-ethyl adjacent to an activating group) is 1. The molecule has 170 valence electrons. The molecule has 32 heavy (non-hydrogen) atoms. The summed E-state index contributed by atoms with van der Waals surface area (Å²) in [6.45, 7) is 3.80. The second-order valence-corrected chi connectivity index (χ2v) is 7.87. The number of ether oxygens (including phenoxy) is 1. The number of halogens is 1. The molecule has 1 aliphatic rings. The van der Waals surface area contributed by atoms with Gasteiger partial charge in [-0.15, -0.1) is 0 Å². The van der Waals surface area contributed by atoms with E-state index in [4.69, 9.17) is 4.74 Å². The molecule has 0 aliphatic carbocycles. The molecule has 0 unspecified atom stereocenters. The first-order valence-electron chi connectivity index (χ1n) is 10.2. The Kier molecular flexibility index (Phi) is 6.78. The van der Waals surface area contributed by atoms with E-state index in [2.05, 4.69) is 15.6 Å². The number of aromatic nitrogens is 1. The summed E-state index contributed by atoms with van der Waals surface area (Å²) in [6.07, 6.45) is 1.32. The van der Waals surface area contributed by atoms with Gasteiger partial charge in [-0.1, -0.05) is 0 Å². The van der Waals surface area contributed by atoms with Gasteiger partial charge in [0.15, 0.2) is 0 Å². The van der Waals surface area contributed by atoms with Gasteiger partial charge >= 0.3 is 0 Å². The fraction of sp³-hybridized carbons (Fsp3) is 0.348. The fourth-order valence-electron chi connectivity index (χ4n) is 3.74. The summed E-state index contributed by atoms with van der Waals surface area (Å²) in [6, 6.07) is 4.11. The Hall–Kier alpha value is -3.46. The van der Waals surface area contributed by atoms with Crippen molar-refractivity contribution in [3.05, 3.63) is 52.1 Å².